The van der Waals surface area contributed by atoms with E-state index in [0.717, 1.165) is 6.42 Å². The van der Waals surface area contributed by atoms with Gasteiger partial charge in [0.2, 0.25) is 10.0 Å². The molecule has 3 atom stereocenters. The van der Waals surface area contributed by atoms with E-state index in [9.17, 15) is 13.2 Å². The van der Waals surface area contributed by atoms with Crippen molar-refractivity contribution in [2.24, 2.45) is 0 Å². The molecule has 0 aliphatic carbocycles. The van der Waals surface area contributed by atoms with E-state index < -0.39 is 27.3 Å². The van der Waals surface area contributed by atoms with Gasteiger partial charge in [0.15, 0.2) is 0 Å². The molecule has 1 heterocycles. The number of sulfonamides is 1. The Morgan fingerprint density at radius 1 is 1.56 bits per heavy atom. The van der Waals surface area contributed by atoms with Crippen LogP contribution >= 0.6 is 0 Å². The highest BCUT2D eigenvalue weighted by atomic mass is 32.2. The first-order valence-corrected chi connectivity index (χ1v) is 7.78. The highest BCUT2D eigenvalue weighted by molar-refractivity contribution is 7.90. The summed E-state index contributed by atoms with van der Waals surface area (Å²) in [6, 6.07) is -1.04. The Bertz CT molecular complexity index is 381. The molecular formula is C11H21NO5S. The summed E-state index contributed by atoms with van der Waals surface area (Å²) < 4.78 is 31.6. The van der Waals surface area contributed by atoms with Gasteiger partial charge in [-0.25, -0.2) is 13.1 Å². The minimum Gasteiger partial charge on any atom is -0.480 e. The summed E-state index contributed by atoms with van der Waals surface area (Å²) in [5.74, 6) is -1.13. The molecule has 1 aliphatic heterocycles. The van der Waals surface area contributed by atoms with Crippen molar-refractivity contribution in [3.63, 3.8) is 0 Å². The van der Waals surface area contributed by atoms with Crippen LogP contribution in [0.4, 0.5) is 0 Å². The number of hydrogen-bond donors (Lipinski definition) is 2. The SMILES string of the molecule is CCCCC(NS(=O)(=O)C1CCOC1C)C(=O)O. The van der Waals surface area contributed by atoms with Crippen LogP contribution in [-0.4, -0.2) is 43.5 Å². The maximum absolute atomic E-state index is 12.1. The second-order valence-corrected chi connectivity index (χ2v) is 6.53. The molecule has 106 valence electrons. The monoisotopic (exact) mass is 279 g/mol. The number of rotatable bonds is 7. The van der Waals surface area contributed by atoms with E-state index in [4.69, 9.17) is 9.84 Å². The zero-order valence-corrected chi connectivity index (χ0v) is 11.6. The zero-order chi connectivity index (χ0) is 13.8. The third-order valence-corrected chi connectivity index (χ3v) is 5.19. The molecule has 3 unspecified atom stereocenters. The lowest BCUT2D eigenvalue weighted by Gasteiger charge is -2.19. The molecule has 0 radical (unpaired) electrons. The van der Waals surface area contributed by atoms with Gasteiger partial charge < -0.3 is 9.84 Å². The van der Waals surface area contributed by atoms with Crippen molar-refractivity contribution < 1.29 is 23.1 Å². The third kappa shape index (κ3) is 3.93. The Hall–Kier alpha value is -0.660. The summed E-state index contributed by atoms with van der Waals surface area (Å²) in [5, 5.41) is 8.36. The number of unbranched alkanes of at least 4 members (excludes halogenated alkanes) is 1. The van der Waals surface area contributed by atoms with Crippen molar-refractivity contribution in [2.75, 3.05) is 6.61 Å². The fourth-order valence-corrected chi connectivity index (χ4v) is 3.83. The quantitative estimate of drug-likeness (QED) is 0.716. The predicted octanol–water partition coefficient (Wildman–Crippen LogP) is 0.727. The number of hydrogen-bond acceptors (Lipinski definition) is 4. The Labute approximate surface area is 108 Å². The van der Waals surface area contributed by atoms with Crippen molar-refractivity contribution in [1.29, 1.82) is 0 Å². The first kappa shape index (κ1) is 15.4. The number of aliphatic carboxylic acids is 1. The van der Waals surface area contributed by atoms with E-state index in [0.29, 0.717) is 25.9 Å². The summed E-state index contributed by atoms with van der Waals surface area (Å²) in [6.45, 7) is 4.03. The summed E-state index contributed by atoms with van der Waals surface area (Å²) in [7, 11) is -3.64. The first-order chi connectivity index (χ1) is 8.38. The van der Waals surface area contributed by atoms with Crippen LogP contribution in [0.3, 0.4) is 0 Å². The van der Waals surface area contributed by atoms with Crippen LogP contribution < -0.4 is 4.72 Å². The molecular weight excluding hydrogens is 258 g/mol. The number of nitrogens with one attached hydrogen (secondary N) is 1. The second kappa shape index (κ2) is 6.49. The molecule has 1 fully saturated rings. The third-order valence-electron chi connectivity index (χ3n) is 3.16. The van der Waals surface area contributed by atoms with E-state index in [1.54, 1.807) is 6.92 Å². The van der Waals surface area contributed by atoms with E-state index in [1.807, 2.05) is 6.92 Å². The van der Waals surface area contributed by atoms with Gasteiger partial charge in [0.05, 0.1) is 6.10 Å². The summed E-state index contributed by atoms with van der Waals surface area (Å²) in [5.41, 5.74) is 0. The number of ether oxygens (including phenoxy) is 1. The van der Waals surface area contributed by atoms with Crippen molar-refractivity contribution in [2.45, 2.75) is 56.9 Å². The van der Waals surface area contributed by atoms with Crippen LogP contribution in [0.25, 0.3) is 0 Å². The van der Waals surface area contributed by atoms with Gasteiger partial charge in [-0.15, -0.1) is 0 Å². The van der Waals surface area contributed by atoms with Crippen LogP contribution in [0, 0.1) is 0 Å². The Balaban J connectivity index is 2.69. The van der Waals surface area contributed by atoms with Crippen LogP contribution in [0.1, 0.15) is 39.5 Å². The van der Waals surface area contributed by atoms with E-state index in [2.05, 4.69) is 4.72 Å². The van der Waals surface area contributed by atoms with Crippen LogP contribution in [0.15, 0.2) is 0 Å². The van der Waals surface area contributed by atoms with Crippen molar-refractivity contribution in [3.8, 4) is 0 Å². The van der Waals surface area contributed by atoms with Crippen LogP contribution in [0.2, 0.25) is 0 Å². The maximum Gasteiger partial charge on any atom is 0.321 e. The molecule has 1 rings (SSSR count). The maximum atomic E-state index is 12.1. The lowest BCUT2D eigenvalue weighted by molar-refractivity contribution is -0.139. The van der Waals surface area contributed by atoms with Gasteiger partial charge in [-0.2, -0.15) is 0 Å². The Morgan fingerprint density at radius 3 is 2.67 bits per heavy atom. The fraction of sp³-hybridized carbons (Fsp3) is 0.909. The highest BCUT2D eigenvalue weighted by Crippen LogP contribution is 2.20. The van der Waals surface area contributed by atoms with Crippen LogP contribution in [0.5, 0.6) is 0 Å². The Kier molecular flexibility index (Phi) is 5.55. The molecule has 0 amide bonds. The molecule has 0 aromatic heterocycles. The van der Waals surface area contributed by atoms with Crippen LogP contribution in [-0.2, 0) is 19.6 Å². The number of carboxylic acid groups (broad SMARTS) is 1. The van der Waals surface area contributed by atoms with Crippen molar-refractivity contribution in [1.82, 2.24) is 4.72 Å². The molecule has 7 heteroatoms. The predicted molar refractivity (Wildman–Crippen MR) is 66.8 cm³/mol. The van der Waals surface area contributed by atoms with Gasteiger partial charge in [-0.05, 0) is 19.8 Å². The molecule has 18 heavy (non-hydrogen) atoms. The normalized spacial score (nSPS) is 26.1. The number of carboxylic acids is 1. The van der Waals surface area contributed by atoms with E-state index >= 15 is 0 Å². The van der Waals surface area contributed by atoms with Gasteiger partial charge in [0, 0.05) is 6.61 Å². The van der Waals surface area contributed by atoms with Crippen molar-refractivity contribution in [3.05, 3.63) is 0 Å². The van der Waals surface area contributed by atoms with Gasteiger partial charge in [-0.3, -0.25) is 4.79 Å². The van der Waals surface area contributed by atoms with Gasteiger partial charge >= 0.3 is 5.97 Å². The second-order valence-electron chi connectivity index (χ2n) is 4.60. The average molecular weight is 279 g/mol. The lowest BCUT2D eigenvalue weighted by Crippen LogP contribution is -2.46. The minimum absolute atomic E-state index is 0.313. The first-order valence-electron chi connectivity index (χ1n) is 6.24. The minimum atomic E-state index is -3.64. The summed E-state index contributed by atoms with van der Waals surface area (Å²) in [4.78, 5) is 11.0. The smallest absolute Gasteiger partial charge is 0.321 e. The molecule has 0 bridgehead atoms. The molecule has 1 saturated heterocycles. The average Bonchev–Trinajstić information content (AvgIpc) is 2.71. The molecule has 0 saturated carbocycles. The zero-order valence-electron chi connectivity index (χ0n) is 10.8. The molecule has 0 spiro atoms. The molecule has 6 nitrogen and oxygen atoms in total. The largest absolute Gasteiger partial charge is 0.480 e. The molecule has 0 aromatic rings. The summed E-state index contributed by atoms with van der Waals surface area (Å²) >= 11 is 0. The topological polar surface area (TPSA) is 92.7 Å². The molecule has 1 aliphatic rings. The Morgan fingerprint density at radius 2 is 2.22 bits per heavy atom. The van der Waals surface area contributed by atoms with Gasteiger partial charge in [-0.1, -0.05) is 19.8 Å². The van der Waals surface area contributed by atoms with E-state index in [1.165, 1.54) is 0 Å². The van der Waals surface area contributed by atoms with Gasteiger partial charge in [0.1, 0.15) is 11.3 Å². The van der Waals surface area contributed by atoms with Gasteiger partial charge in [0.25, 0.3) is 0 Å². The number of carbonyl (C=O) groups is 1. The van der Waals surface area contributed by atoms with Crippen molar-refractivity contribution >= 4 is 16.0 Å². The molecule has 2 N–H and O–H groups in total. The molecule has 0 aromatic carbocycles. The summed E-state index contributed by atoms with van der Waals surface area (Å²) in [6.07, 6.45) is 1.84. The highest BCUT2D eigenvalue weighted by Gasteiger charge is 2.37. The van der Waals surface area contributed by atoms with E-state index in [-0.39, 0.29) is 6.10 Å². The lowest BCUT2D eigenvalue weighted by atomic mass is 10.1. The fourth-order valence-electron chi connectivity index (χ4n) is 2.05. The standard InChI is InChI=1S/C11H21NO5S/c1-3-4-5-9(11(13)14)12-18(15,16)10-6-7-17-8(10)2/h8-10,12H,3-7H2,1-2H3,(H,13,14).